The number of aliphatic hydroxyl groups is 1. The maximum Gasteiger partial charge on any atom is 0.364 e. The molecule has 11 heteroatoms. The van der Waals surface area contributed by atoms with Crippen molar-refractivity contribution in [3.8, 4) is 23.3 Å². The van der Waals surface area contributed by atoms with Crippen LogP contribution in [0.3, 0.4) is 0 Å². The molecule has 0 aliphatic rings. The van der Waals surface area contributed by atoms with E-state index in [1.807, 2.05) is 0 Å². The molecule has 1 aromatic heterocycles. The lowest BCUT2D eigenvalue weighted by Crippen LogP contribution is -2.08. The molecule has 0 aliphatic carbocycles. The lowest BCUT2D eigenvalue weighted by molar-refractivity contribution is -0.138. The van der Waals surface area contributed by atoms with E-state index in [9.17, 15) is 14.8 Å². The summed E-state index contributed by atoms with van der Waals surface area (Å²) >= 11 is 0. The van der Waals surface area contributed by atoms with Crippen LogP contribution in [0.2, 0.25) is 0 Å². The van der Waals surface area contributed by atoms with E-state index < -0.39 is 17.4 Å². The maximum atomic E-state index is 12.0. The number of methoxy groups -OCH3 is 2. The molecular weight excluding hydrogens is 478 g/mol. The summed E-state index contributed by atoms with van der Waals surface area (Å²) in [6.45, 7) is 1.58. The van der Waals surface area contributed by atoms with E-state index in [0.29, 0.717) is 34.6 Å². The Balaban J connectivity index is 2.10. The van der Waals surface area contributed by atoms with Crippen LogP contribution < -0.4 is 20.9 Å². The molecule has 2 aromatic carbocycles. The topological polar surface area (TPSA) is 172 Å². The predicted octanol–water partition coefficient (Wildman–Crippen LogP) is 3.20. The first-order valence-electron chi connectivity index (χ1n) is 11.0. The van der Waals surface area contributed by atoms with Crippen LogP contribution >= 0.6 is 0 Å². The van der Waals surface area contributed by atoms with Crippen LogP contribution in [0.25, 0.3) is 5.76 Å². The van der Waals surface area contributed by atoms with Crippen LogP contribution in [0.5, 0.6) is 11.5 Å². The van der Waals surface area contributed by atoms with Gasteiger partial charge in [-0.05, 0) is 41.9 Å². The van der Waals surface area contributed by atoms with Gasteiger partial charge in [-0.15, -0.1) is 4.91 Å². The van der Waals surface area contributed by atoms with Gasteiger partial charge in [0, 0.05) is 29.3 Å². The Morgan fingerprint density at radius 1 is 1.11 bits per heavy atom. The average Bonchev–Trinajstić information content (AvgIpc) is 2.89. The van der Waals surface area contributed by atoms with Crippen molar-refractivity contribution in [2.75, 3.05) is 32.3 Å². The zero-order valence-corrected chi connectivity index (χ0v) is 20.4. The van der Waals surface area contributed by atoms with Crippen LogP contribution in [0.4, 0.5) is 11.8 Å². The number of nitrogens with zero attached hydrogens (tertiary/aromatic N) is 3. The molecule has 190 valence electrons. The van der Waals surface area contributed by atoms with Gasteiger partial charge in [-0.25, -0.2) is 9.78 Å². The Bertz CT molecular complexity index is 1420. The highest BCUT2D eigenvalue weighted by Crippen LogP contribution is 2.33. The van der Waals surface area contributed by atoms with Gasteiger partial charge in [0.05, 0.1) is 26.4 Å². The monoisotopic (exact) mass is 503 g/mol. The van der Waals surface area contributed by atoms with E-state index in [1.54, 1.807) is 43.5 Å². The standard InChI is InChI=1S/C26H25N5O6/c1-4-37-25(33)21(31-34)22(32)19-8-6-5-7-16(19)9-10-17-11-15(13-20(35-2)23(17)36-3)12-18-14-29-26(28)30-24(18)27/h5-8,11,13-14,32H,4,12H2,1-3H3,(H4,27,28,29,30). The van der Waals surface area contributed by atoms with Crippen molar-refractivity contribution in [1.29, 1.82) is 0 Å². The number of nitroso groups, excluding NO2 is 1. The Hall–Kier alpha value is -5.11. The van der Waals surface area contributed by atoms with Gasteiger partial charge in [0.25, 0.3) is 0 Å². The zero-order chi connectivity index (χ0) is 26.9. The van der Waals surface area contributed by atoms with Gasteiger partial charge in [0.2, 0.25) is 11.6 Å². The van der Waals surface area contributed by atoms with Crippen molar-refractivity contribution >= 4 is 23.5 Å². The molecule has 0 bridgehead atoms. The van der Waals surface area contributed by atoms with E-state index in [2.05, 4.69) is 27.0 Å². The molecule has 0 spiro atoms. The van der Waals surface area contributed by atoms with Crippen LogP contribution in [0, 0.1) is 16.7 Å². The molecule has 0 aliphatic heterocycles. The van der Waals surface area contributed by atoms with Crippen molar-refractivity contribution < 1.29 is 24.1 Å². The van der Waals surface area contributed by atoms with Gasteiger partial charge < -0.3 is 30.8 Å². The number of esters is 1. The van der Waals surface area contributed by atoms with Crippen LogP contribution in [-0.2, 0) is 16.0 Å². The minimum absolute atomic E-state index is 0.0126. The number of nitrogen functional groups attached to an aromatic ring is 2. The lowest BCUT2D eigenvalue weighted by Gasteiger charge is -2.13. The number of carbonyl (C=O) groups is 1. The number of anilines is 2. The summed E-state index contributed by atoms with van der Waals surface area (Å²) < 4.78 is 15.8. The SMILES string of the molecule is CCOC(=O)C(N=O)=C(O)c1ccccc1C#Cc1cc(Cc2cnc(N)nc2N)cc(OC)c1OC. The fraction of sp³-hybridized carbons (Fsp3) is 0.192. The van der Waals surface area contributed by atoms with Crippen molar-refractivity contribution in [3.05, 3.63) is 81.0 Å². The molecule has 3 rings (SSSR count). The van der Waals surface area contributed by atoms with Gasteiger partial charge in [-0.3, -0.25) is 0 Å². The van der Waals surface area contributed by atoms with Gasteiger partial charge in [-0.2, -0.15) is 4.98 Å². The molecule has 0 saturated heterocycles. The minimum Gasteiger partial charge on any atom is -0.505 e. The summed E-state index contributed by atoms with van der Waals surface area (Å²) in [5, 5.41) is 13.3. The van der Waals surface area contributed by atoms with E-state index in [1.165, 1.54) is 20.3 Å². The quantitative estimate of drug-likeness (QED) is 0.136. The number of ether oxygens (including phenoxy) is 3. The summed E-state index contributed by atoms with van der Waals surface area (Å²) in [7, 11) is 2.99. The summed E-state index contributed by atoms with van der Waals surface area (Å²) in [4.78, 5) is 31.3. The molecule has 37 heavy (non-hydrogen) atoms. The molecule has 1 heterocycles. The number of aromatic nitrogens is 2. The number of nitrogens with two attached hydrogens (primary N) is 2. The highest BCUT2D eigenvalue weighted by Gasteiger charge is 2.21. The van der Waals surface area contributed by atoms with Crippen molar-refractivity contribution in [3.63, 3.8) is 0 Å². The number of aliphatic hydroxyl groups excluding tert-OH is 1. The summed E-state index contributed by atoms with van der Waals surface area (Å²) in [6, 6.07) is 10.0. The minimum atomic E-state index is -1.04. The Kier molecular flexibility index (Phi) is 8.62. The number of benzene rings is 2. The van der Waals surface area contributed by atoms with E-state index in [-0.39, 0.29) is 23.9 Å². The number of hydrogen-bond acceptors (Lipinski definition) is 11. The largest absolute Gasteiger partial charge is 0.505 e. The predicted molar refractivity (Wildman–Crippen MR) is 138 cm³/mol. The van der Waals surface area contributed by atoms with Crippen LogP contribution in [0.1, 0.15) is 34.7 Å². The molecule has 0 atom stereocenters. The molecule has 5 N–H and O–H groups in total. The lowest BCUT2D eigenvalue weighted by atomic mass is 10.0. The number of carbonyl (C=O) groups excluding carboxylic acids is 1. The Morgan fingerprint density at radius 3 is 2.49 bits per heavy atom. The van der Waals surface area contributed by atoms with Crippen LogP contribution in [0.15, 0.2) is 53.5 Å². The molecule has 0 unspecified atom stereocenters. The molecule has 0 radical (unpaired) electrons. The second-order valence-electron chi connectivity index (χ2n) is 7.50. The second-order valence-corrected chi connectivity index (χ2v) is 7.50. The second kappa shape index (κ2) is 12.0. The highest BCUT2D eigenvalue weighted by atomic mass is 16.5. The third kappa shape index (κ3) is 6.12. The van der Waals surface area contributed by atoms with E-state index in [0.717, 1.165) is 5.56 Å². The Morgan fingerprint density at radius 2 is 1.84 bits per heavy atom. The van der Waals surface area contributed by atoms with Gasteiger partial charge in [0.1, 0.15) is 5.82 Å². The summed E-state index contributed by atoms with van der Waals surface area (Å²) in [5.74, 6) is 5.44. The van der Waals surface area contributed by atoms with Crippen molar-refractivity contribution in [2.24, 2.45) is 5.18 Å². The molecule has 11 nitrogen and oxygen atoms in total. The summed E-state index contributed by atoms with van der Waals surface area (Å²) in [6.07, 6.45) is 1.92. The fourth-order valence-corrected chi connectivity index (χ4v) is 3.44. The third-order valence-corrected chi connectivity index (χ3v) is 5.15. The smallest absolute Gasteiger partial charge is 0.364 e. The highest BCUT2D eigenvalue weighted by molar-refractivity contribution is 5.96. The molecule has 0 fully saturated rings. The fourth-order valence-electron chi connectivity index (χ4n) is 3.44. The molecule has 0 saturated carbocycles. The van der Waals surface area contributed by atoms with Gasteiger partial charge in [0.15, 0.2) is 17.3 Å². The third-order valence-electron chi connectivity index (χ3n) is 5.15. The zero-order valence-electron chi connectivity index (χ0n) is 20.4. The van der Waals surface area contributed by atoms with Gasteiger partial charge in [-0.1, -0.05) is 24.0 Å². The first-order valence-corrected chi connectivity index (χ1v) is 11.0. The average molecular weight is 504 g/mol. The number of hydrogen-bond donors (Lipinski definition) is 3. The molecule has 3 aromatic rings. The number of rotatable bonds is 8. The van der Waals surface area contributed by atoms with Gasteiger partial charge >= 0.3 is 5.97 Å². The molecule has 0 amide bonds. The van der Waals surface area contributed by atoms with E-state index in [4.69, 9.17) is 25.7 Å². The molecular formula is C26H25N5O6. The van der Waals surface area contributed by atoms with Crippen molar-refractivity contribution in [2.45, 2.75) is 13.3 Å². The first-order chi connectivity index (χ1) is 17.8. The van der Waals surface area contributed by atoms with Crippen molar-refractivity contribution in [1.82, 2.24) is 9.97 Å². The summed E-state index contributed by atoms with van der Waals surface area (Å²) in [5.41, 5.74) is 13.2. The van der Waals surface area contributed by atoms with E-state index >= 15 is 0 Å². The normalized spacial score (nSPS) is 11.0. The Labute approximate surface area is 213 Å². The van der Waals surface area contributed by atoms with Crippen LogP contribution in [-0.4, -0.2) is 41.9 Å². The maximum absolute atomic E-state index is 12.0. The first kappa shape index (κ1) is 26.5.